The molecule has 2 N–H and O–H groups in total. The Labute approximate surface area is 116 Å². The minimum atomic E-state index is -0.920. The van der Waals surface area contributed by atoms with E-state index in [9.17, 15) is 9.90 Å². The number of aromatic hydroxyl groups is 1. The summed E-state index contributed by atoms with van der Waals surface area (Å²) in [5.74, 6) is -0.978. The number of phenolic OH excluding ortho intramolecular Hbond substituents is 1. The number of carboxylic acid groups (broad SMARTS) is 1. The number of hydrogen-bond donors (Lipinski definition) is 2. The lowest BCUT2D eigenvalue weighted by atomic mass is 10.1. The van der Waals surface area contributed by atoms with Crippen LogP contribution in [0.5, 0.6) is 5.75 Å². The van der Waals surface area contributed by atoms with Crippen molar-refractivity contribution in [2.75, 3.05) is 6.54 Å². The first kappa shape index (κ1) is 15.1. The third kappa shape index (κ3) is 4.05. The third-order valence-electron chi connectivity index (χ3n) is 2.55. The molecule has 4 nitrogen and oxygen atoms in total. The number of phenols is 1. The molecule has 0 heterocycles. The molecule has 0 spiro atoms. The van der Waals surface area contributed by atoms with Gasteiger partial charge in [0.25, 0.3) is 0 Å². The molecule has 1 aromatic carbocycles. The minimum absolute atomic E-state index is 0.0262. The zero-order valence-corrected chi connectivity index (χ0v) is 11.7. The Morgan fingerprint density at radius 3 is 2.50 bits per heavy atom. The summed E-state index contributed by atoms with van der Waals surface area (Å²) in [4.78, 5) is 12.5. The van der Waals surface area contributed by atoms with E-state index in [1.165, 1.54) is 6.07 Å². The van der Waals surface area contributed by atoms with Crippen molar-refractivity contribution in [2.24, 2.45) is 0 Å². The SMILES string of the molecule is CC(C)N(CC(=O)O)Cc1cc(Cl)cc(Cl)c1O. The third-order valence-corrected chi connectivity index (χ3v) is 3.06. The summed E-state index contributed by atoms with van der Waals surface area (Å²) in [6.45, 7) is 3.93. The van der Waals surface area contributed by atoms with Crippen molar-refractivity contribution in [3.8, 4) is 5.75 Å². The molecule has 0 amide bonds. The standard InChI is InChI=1S/C12H15Cl2NO3/c1-7(2)15(6-11(16)17)5-8-3-9(13)4-10(14)12(8)18/h3-4,7,18H,5-6H2,1-2H3,(H,16,17). The van der Waals surface area contributed by atoms with Crippen LogP contribution in [0.15, 0.2) is 12.1 Å². The Morgan fingerprint density at radius 1 is 1.39 bits per heavy atom. The average Bonchev–Trinajstić information content (AvgIpc) is 2.23. The van der Waals surface area contributed by atoms with Crippen LogP contribution in [-0.4, -0.2) is 33.7 Å². The van der Waals surface area contributed by atoms with E-state index in [0.29, 0.717) is 10.6 Å². The lowest BCUT2D eigenvalue weighted by Gasteiger charge is -2.25. The van der Waals surface area contributed by atoms with Gasteiger partial charge in [-0.1, -0.05) is 23.2 Å². The van der Waals surface area contributed by atoms with E-state index in [2.05, 4.69) is 0 Å². The van der Waals surface area contributed by atoms with Crippen molar-refractivity contribution >= 4 is 29.2 Å². The van der Waals surface area contributed by atoms with Crippen LogP contribution < -0.4 is 0 Å². The second-order valence-corrected chi connectivity index (χ2v) is 5.13. The summed E-state index contributed by atoms with van der Waals surface area (Å²) in [6, 6.07) is 3.05. The highest BCUT2D eigenvalue weighted by Gasteiger charge is 2.17. The molecule has 0 radical (unpaired) electrons. The monoisotopic (exact) mass is 291 g/mol. The van der Waals surface area contributed by atoms with E-state index >= 15 is 0 Å². The van der Waals surface area contributed by atoms with Crippen LogP contribution in [0, 0.1) is 0 Å². The first-order valence-electron chi connectivity index (χ1n) is 5.44. The lowest BCUT2D eigenvalue weighted by Crippen LogP contribution is -2.35. The number of carboxylic acids is 1. The van der Waals surface area contributed by atoms with Crippen LogP contribution in [0.25, 0.3) is 0 Å². The zero-order chi connectivity index (χ0) is 13.9. The second-order valence-electron chi connectivity index (χ2n) is 4.29. The van der Waals surface area contributed by atoms with E-state index in [1.54, 1.807) is 11.0 Å². The normalized spacial score (nSPS) is 11.2. The Bertz CT molecular complexity index is 449. The zero-order valence-electron chi connectivity index (χ0n) is 10.2. The molecule has 0 aromatic heterocycles. The molecule has 1 rings (SSSR count). The molecule has 0 saturated carbocycles. The first-order valence-corrected chi connectivity index (χ1v) is 6.19. The molecule has 100 valence electrons. The van der Waals surface area contributed by atoms with Gasteiger partial charge in [-0.2, -0.15) is 0 Å². The molecule has 0 fully saturated rings. The predicted octanol–water partition coefficient (Wildman–Crippen LogP) is 2.99. The number of hydrogen-bond acceptors (Lipinski definition) is 3. The fourth-order valence-corrected chi connectivity index (χ4v) is 2.09. The second kappa shape index (κ2) is 6.27. The molecule has 0 aliphatic carbocycles. The van der Waals surface area contributed by atoms with Crippen molar-refractivity contribution < 1.29 is 15.0 Å². The average molecular weight is 292 g/mol. The van der Waals surface area contributed by atoms with Gasteiger partial charge < -0.3 is 10.2 Å². The first-order chi connectivity index (χ1) is 8.31. The number of nitrogens with zero attached hydrogens (tertiary/aromatic N) is 1. The highest BCUT2D eigenvalue weighted by Crippen LogP contribution is 2.32. The van der Waals surface area contributed by atoms with Gasteiger partial charge in [0.2, 0.25) is 0 Å². The quantitative estimate of drug-likeness (QED) is 0.875. The molecule has 0 saturated heterocycles. The summed E-state index contributed by atoms with van der Waals surface area (Å²) in [5.41, 5.74) is 0.516. The van der Waals surface area contributed by atoms with Gasteiger partial charge in [-0.05, 0) is 26.0 Å². The van der Waals surface area contributed by atoms with Crippen molar-refractivity contribution in [1.29, 1.82) is 0 Å². The smallest absolute Gasteiger partial charge is 0.317 e. The highest BCUT2D eigenvalue weighted by atomic mass is 35.5. The van der Waals surface area contributed by atoms with Gasteiger partial charge in [0.05, 0.1) is 11.6 Å². The van der Waals surface area contributed by atoms with Crippen molar-refractivity contribution in [3.63, 3.8) is 0 Å². The maximum absolute atomic E-state index is 10.8. The van der Waals surface area contributed by atoms with Gasteiger partial charge in [-0.15, -0.1) is 0 Å². The summed E-state index contributed by atoms with van der Waals surface area (Å²) in [7, 11) is 0. The largest absolute Gasteiger partial charge is 0.506 e. The number of benzene rings is 1. The Morgan fingerprint density at radius 2 is 2.00 bits per heavy atom. The van der Waals surface area contributed by atoms with Crippen molar-refractivity contribution in [3.05, 3.63) is 27.7 Å². The molecule has 1 aromatic rings. The summed E-state index contributed by atoms with van der Waals surface area (Å²) < 4.78 is 0. The van der Waals surface area contributed by atoms with Gasteiger partial charge in [0.15, 0.2) is 0 Å². The molecule has 0 aliphatic heterocycles. The van der Waals surface area contributed by atoms with E-state index in [0.717, 1.165) is 0 Å². The van der Waals surface area contributed by atoms with Crippen LogP contribution in [0.2, 0.25) is 10.0 Å². The maximum Gasteiger partial charge on any atom is 0.317 e. The fraction of sp³-hybridized carbons (Fsp3) is 0.417. The molecular formula is C12H15Cl2NO3. The molecule has 0 unspecified atom stereocenters. The molecular weight excluding hydrogens is 277 g/mol. The number of rotatable bonds is 5. The van der Waals surface area contributed by atoms with Crippen LogP contribution in [0.4, 0.5) is 0 Å². The fourth-order valence-electron chi connectivity index (χ4n) is 1.55. The topological polar surface area (TPSA) is 60.8 Å². The number of carbonyl (C=O) groups is 1. The summed E-state index contributed by atoms with van der Waals surface area (Å²) in [5, 5.41) is 19.2. The van der Waals surface area contributed by atoms with Crippen LogP contribution in [0.1, 0.15) is 19.4 Å². The van der Waals surface area contributed by atoms with Crippen molar-refractivity contribution in [1.82, 2.24) is 4.90 Å². The number of halogens is 2. The van der Waals surface area contributed by atoms with Gasteiger partial charge in [-0.3, -0.25) is 9.69 Å². The van der Waals surface area contributed by atoms with Crippen LogP contribution in [0.3, 0.4) is 0 Å². The maximum atomic E-state index is 10.8. The van der Waals surface area contributed by atoms with E-state index in [1.807, 2.05) is 13.8 Å². The Balaban J connectivity index is 2.96. The number of aliphatic carboxylic acids is 1. The molecule has 0 bridgehead atoms. The molecule has 6 heteroatoms. The predicted molar refractivity (Wildman–Crippen MR) is 71.3 cm³/mol. The Kier molecular flexibility index (Phi) is 5.26. The van der Waals surface area contributed by atoms with Crippen LogP contribution in [-0.2, 0) is 11.3 Å². The van der Waals surface area contributed by atoms with Gasteiger partial charge in [0.1, 0.15) is 5.75 Å². The van der Waals surface area contributed by atoms with Gasteiger partial charge in [0, 0.05) is 23.2 Å². The van der Waals surface area contributed by atoms with Gasteiger partial charge >= 0.3 is 5.97 Å². The molecule has 0 atom stereocenters. The van der Waals surface area contributed by atoms with E-state index in [4.69, 9.17) is 28.3 Å². The van der Waals surface area contributed by atoms with Gasteiger partial charge in [-0.25, -0.2) is 0 Å². The van der Waals surface area contributed by atoms with Crippen molar-refractivity contribution in [2.45, 2.75) is 26.4 Å². The summed E-state index contributed by atoms with van der Waals surface area (Å²) in [6.07, 6.45) is 0. The highest BCUT2D eigenvalue weighted by molar-refractivity contribution is 6.35. The van der Waals surface area contributed by atoms with E-state index < -0.39 is 5.97 Å². The minimum Gasteiger partial charge on any atom is -0.506 e. The molecule has 0 aliphatic rings. The van der Waals surface area contributed by atoms with Crippen LogP contribution >= 0.6 is 23.2 Å². The summed E-state index contributed by atoms with van der Waals surface area (Å²) >= 11 is 11.7. The van der Waals surface area contributed by atoms with E-state index in [-0.39, 0.29) is 29.9 Å². The lowest BCUT2D eigenvalue weighted by molar-refractivity contribution is -0.138. The Hall–Kier alpha value is -0.970. The molecule has 18 heavy (non-hydrogen) atoms.